The first-order chi connectivity index (χ1) is 23.8. The van der Waals surface area contributed by atoms with Crippen molar-refractivity contribution in [1.29, 1.82) is 5.26 Å². The molecular weight excluding hydrogens is 638 g/mol. The van der Waals surface area contributed by atoms with Gasteiger partial charge in [-0.05, 0) is 65.5 Å². The lowest BCUT2D eigenvalue weighted by Crippen LogP contribution is -2.44. The van der Waals surface area contributed by atoms with E-state index in [-0.39, 0.29) is 22.3 Å². The number of aliphatic hydroxyl groups excluding tert-OH is 2. The molecule has 0 spiro atoms. The van der Waals surface area contributed by atoms with Crippen LogP contribution in [0, 0.1) is 23.7 Å². The van der Waals surface area contributed by atoms with Crippen LogP contribution in [0.3, 0.4) is 0 Å². The Balaban J connectivity index is 0.000000194. The molecule has 2 aliphatic rings. The van der Waals surface area contributed by atoms with Crippen LogP contribution in [0.5, 0.6) is 0 Å². The summed E-state index contributed by atoms with van der Waals surface area (Å²) < 4.78 is 11.2. The number of nitrogens with one attached hydrogen (secondary N) is 2. The van der Waals surface area contributed by atoms with Crippen molar-refractivity contribution in [2.24, 2.45) is 0 Å². The number of methoxy groups -OCH3 is 2. The maximum Gasteiger partial charge on any atom is 0.268 e. The van der Waals surface area contributed by atoms with Gasteiger partial charge in [0.25, 0.3) is 11.1 Å². The standard InChI is InChI=1S/C19H23N3O3.C18H22N4O3/c1-5-13-17(22-8-6-19(3,25-4)7-9-22)14-10-15(12(2)23)20-11-16(14)21-18(13)24;1-11(23)14-8-12-15(10-20-14)21-17(24)13(9-19)16(12)22-6-4-18(2,25-3)5-7-22/h1,10-12,23H,6-9H2,2-4H3,(H,21,24);8,10-11,23H,4-7H2,1-3H3,(H,21,24)/t12-;11-/m01/s1. The molecule has 0 amide bonds. The molecule has 0 bridgehead atoms. The Hall–Kier alpha value is -4.79. The van der Waals surface area contributed by atoms with Gasteiger partial charge in [0.1, 0.15) is 17.2 Å². The summed E-state index contributed by atoms with van der Waals surface area (Å²) in [6.07, 6.45) is 10.6. The molecule has 4 aromatic rings. The smallest absolute Gasteiger partial charge is 0.268 e. The minimum Gasteiger partial charge on any atom is -0.387 e. The summed E-state index contributed by atoms with van der Waals surface area (Å²) >= 11 is 0. The first-order valence-corrected chi connectivity index (χ1v) is 16.7. The van der Waals surface area contributed by atoms with Crippen LogP contribution in [0.15, 0.2) is 34.1 Å². The molecule has 4 aromatic heterocycles. The average Bonchev–Trinajstić information content (AvgIpc) is 3.11. The second kappa shape index (κ2) is 14.6. The Labute approximate surface area is 290 Å². The largest absolute Gasteiger partial charge is 0.387 e. The Morgan fingerprint density at radius 3 is 1.52 bits per heavy atom. The van der Waals surface area contributed by atoms with E-state index in [1.165, 1.54) is 6.20 Å². The molecule has 0 aromatic carbocycles. The molecule has 0 radical (unpaired) electrons. The molecule has 6 heterocycles. The van der Waals surface area contributed by atoms with Crippen molar-refractivity contribution < 1.29 is 19.7 Å². The van der Waals surface area contributed by atoms with Crippen LogP contribution in [0.1, 0.15) is 88.1 Å². The fourth-order valence-corrected chi connectivity index (χ4v) is 6.55. The highest BCUT2D eigenvalue weighted by Gasteiger charge is 2.33. The van der Waals surface area contributed by atoms with Crippen molar-refractivity contribution in [3.05, 3.63) is 67.7 Å². The summed E-state index contributed by atoms with van der Waals surface area (Å²) in [5.74, 6) is 2.54. The SMILES string of the molecule is C#Cc1c(N2CCC(C)(OC)CC2)c2cc([C@H](C)O)ncc2[nH]c1=O.COC1(C)CCN(c2c(C#N)c(=O)[nH]c3cnc([C@@H](C)O)cc23)CC1. The predicted octanol–water partition coefficient (Wildman–Crippen LogP) is 3.82. The molecule has 0 unspecified atom stereocenters. The lowest BCUT2D eigenvalue weighted by molar-refractivity contribution is -0.0134. The van der Waals surface area contributed by atoms with Gasteiger partial charge in [-0.2, -0.15) is 5.26 Å². The van der Waals surface area contributed by atoms with E-state index in [2.05, 4.69) is 49.5 Å². The number of hydrogen-bond donors (Lipinski definition) is 4. The minimum absolute atomic E-state index is 0.0938. The zero-order valence-corrected chi connectivity index (χ0v) is 29.5. The summed E-state index contributed by atoms with van der Waals surface area (Å²) in [7, 11) is 3.44. The van der Waals surface area contributed by atoms with Crippen LogP contribution in [0.25, 0.3) is 21.8 Å². The topological polar surface area (TPSA) is 181 Å². The van der Waals surface area contributed by atoms with Gasteiger partial charge < -0.3 is 39.5 Å². The second-order valence-electron chi connectivity index (χ2n) is 13.6. The Kier molecular flexibility index (Phi) is 10.6. The molecule has 0 saturated carbocycles. The van der Waals surface area contributed by atoms with E-state index in [1.807, 2.05) is 6.07 Å². The normalized spacial score (nSPS) is 18.1. The summed E-state index contributed by atoms with van der Waals surface area (Å²) in [6.45, 7) is 10.3. The van der Waals surface area contributed by atoms with Gasteiger partial charge in [0, 0.05) is 51.2 Å². The number of aromatic nitrogens is 4. The summed E-state index contributed by atoms with van der Waals surface area (Å²) in [6, 6.07) is 5.59. The van der Waals surface area contributed by atoms with Crippen LogP contribution in [-0.2, 0) is 9.47 Å². The van der Waals surface area contributed by atoms with Crippen molar-refractivity contribution in [3.8, 4) is 18.4 Å². The van der Waals surface area contributed by atoms with Gasteiger partial charge in [0.2, 0.25) is 0 Å². The number of aromatic amines is 2. The van der Waals surface area contributed by atoms with E-state index in [4.69, 9.17) is 15.9 Å². The first kappa shape index (κ1) is 36.5. The van der Waals surface area contributed by atoms with E-state index in [0.29, 0.717) is 46.8 Å². The summed E-state index contributed by atoms with van der Waals surface area (Å²) in [4.78, 5) is 42.8. The zero-order valence-electron chi connectivity index (χ0n) is 29.5. The zero-order chi connectivity index (χ0) is 36.4. The number of hydrogen-bond acceptors (Lipinski definition) is 11. The number of terminal acetylenes is 1. The second-order valence-corrected chi connectivity index (χ2v) is 13.6. The monoisotopic (exact) mass is 683 g/mol. The van der Waals surface area contributed by atoms with Crippen molar-refractivity contribution in [2.45, 2.75) is 76.8 Å². The molecule has 0 aliphatic carbocycles. The fourth-order valence-electron chi connectivity index (χ4n) is 6.55. The molecular formula is C37H45N7O6. The quantitative estimate of drug-likeness (QED) is 0.217. The molecule has 2 atom stereocenters. The molecule has 4 N–H and O–H groups in total. The number of pyridine rings is 4. The number of piperidine rings is 2. The number of aliphatic hydroxyl groups is 2. The molecule has 6 rings (SSSR count). The molecule has 264 valence electrons. The van der Waals surface area contributed by atoms with E-state index >= 15 is 0 Å². The van der Waals surface area contributed by atoms with Gasteiger partial charge in [-0.15, -0.1) is 6.42 Å². The van der Waals surface area contributed by atoms with Crippen molar-refractivity contribution in [2.75, 3.05) is 50.2 Å². The number of nitriles is 1. The van der Waals surface area contributed by atoms with Crippen LogP contribution >= 0.6 is 0 Å². The maximum absolute atomic E-state index is 12.4. The van der Waals surface area contributed by atoms with E-state index < -0.39 is 17.8 Å². The fraction of sp³-hybridized carbons (Fsp3) is 0.486. The highest BCUT2D eigenvalue weighted by atomic mass is 16.5. The van der Waals surface area contributed by atoms with Gasteiger partial charge in [0.05, 0.1) is 69.6 Å². The number of ether oxygens (including phenoxy) is 2. The minimum atomic E-state index is -0.729. The third-order valence-electron chi connectivity index (χ3n) is 10.2. The van der Waals surface area contributed by atoms with Crippen molar-refractivity contribution in [1.82, 2.24) is 19.9 Å². The third-order valence-corrected chi connectivity index (χ3v) is 10.2. The van der Waals surface area contributed by atoms with Gasteiger partial charge in [-0.25, -0.2) is 0 Å². The van der Waals surface area contributed by atoms with Gasteiger partial charge >= 0.3 is 0 Å². The summed E-state index contributed by atoms with van der Waals surface area (Å²) in [5.41, 5.74) is 2.93. The maximum atomic E-state index is 12.4. The number of fused-ring (bicyclic) bond motifs is 2. The summed E-state index contributed by atoms with van der Waals surface area (Å²) in [5, 5.41) is 30.8. The van der Waals surface area contributed by atoms with Crippen LogP contribution in [0.4, 0.5) is 11.4 Å². The average molecular weight is 684 g/mol. The highest BCUT2D eigenvalue weighted by Crippen LogP contribution is 2.35. The van der Waals surface area contributed by atoms with Crippen LogP contribution in [-0.4, -0.2) is 81.7 Å². The van der Waals surface area contributed by atoms with Crippen LogP contribution in [0.2, 0.25) is 0 Å². The number of nitrogens with zero attached hydrogens (tertiary/aromatic N) is 5. The highest BCUT2D eigenvalue weighted by molar-refractivity contribution is 5.95. The van der Waals surface area contributed by atoms with E-state index in [9.17, 15) is 25.1 Å². The van der Waals surface area contributed by atoms with E-state index in [0.717, 1.165) is 55.2 Å². The lowest BCUT2D eigenvalue weighted by Gasteiger charge is -2.40. The Bertz CT molecular complexity index is 1930. The third kappa shape index (κ3) is 7.23. The molecule has 13 heteroatoms. The van der Waals surface area contributed by atoms with Crippen molar-refractivity contribution >= 4 is 33.2 Å². The van der Waals surface area contributed by atoms with Gasteiger partial charge in [0.15, 0.2) is 0 Å². The van der Waals surface area contributed by atoms with E-state index in [1.54, 1.807) is 46.4 Å². The van der Waals surface area contributed by atoms with Crippen LogP contribution < -0.4 is 20.9 Å². The van der Waals surface area contributed by atoms with Crippen molar-refractivity contribution in [3.63, 3.8) is 0 Å². The molecule has 50 heavy (non-hydrogen) atoms. The number of anilines is 2. The number of rotatable bonds is 6. The van der Waals surface area contributed by atoms with Gasteiger partial charge in [-0.3, -0.25) is 19.6 Å². The molecule has 2 fully saturated rings. The number of H-pyrrole nitrogens is 2. The Morgan fingerprint density at radius 1 is 0.800 bits per heavy atom. The predicted molar refractivity (Wildman–Crippen MR) is 192 cm³/mol. The van der Waals surface area contributed by atoms with Gasteiger partial charge in [-0.1, -0.05) is 5.92 Å². The first-order valence-electron chi connectivity index (χ1n) is 16.7. The lowest BCUT2D eigenvalue weighted by atomic mass is 9.92. The molecule has 2 aliphatic heterocycles. The Morgan fingerprint density at radius 2 is 1.18 bits per heavy atom. The molecule has 2 saturated heterocycles. The molecule has 13 nitrogen and oxygen atoms in total.